The highest BCUT2D eigenvalue weighted by molar-refractivity contribution is 6.30. The van der Waals surface area contributed by atoms with Crippen LogP contribution in [0.4, 0.5) is 10.5 Å². The molecule has 0 aliphatic heterocycles. The van der Waals surface area contributed by atoms with Crippen molar-refractivity contribution < 1.29 is 9.59 Å². The van der Waals surface area contributed by atoms with Gasteiger partial charge in [0.1, 0.15) is 6.54 Å². The average molecular weight is 451 g/mol. The third kappa shape index (κ3) is 8.69. The van der Waals surface area contributed by atoms with Crippen molar-refractivity contribution in [2.45, 2.75) is 64.8 Å². The summed E-state index contributed by atoms with van der Waals surface area (Å²) in [4.78, 5) is 29.0. The molecular weight excluding hydrogens is 412 g/mol. The summed E-state index contributed by atoms with van der Waals surface area (Å²) in [5, 5.41) is 7.11. The van der Waals surface area contributed by atoms with Crippen LogP contribution in [0.2, 0.25) is 5.02 Å². The number of amides is 3. The number of rotatable bonds is 11. The number of likely N-dealkylation sites (N-methyl/N-ethyl adjacent to an activating group) is 2. The van der Waals surface area contributed by atoms with Crippen LogP contribution < -0.4 is 15.5 Å². The molecule has 2 rings (SSSR count). The zero-order valence-electron chi connectivity index (χ0n) is 19.3. The minimum Gasteiger partial charge on any atom is -0.334 e. The number of carbonyl (C=O) groups excluding carboxylic acids is 2. The Morgan fingerprint density at radius 3 is 2.58 bits per heavy atom. The highest BCUT2D eigenvalue weighted by Gasteiger charge is 2.24. The van der Waals surface area contributed by atoms with Crippen LogP contribution in [0, 0.1) is 5.92 Å². The van der Waals surface area contributed by atoms with Crippen LogP contribution in [0.15, 0.2) is 24.3 Å². The second kappa shape index (κ2) is 13.6. The quantitative estimate of drug-likeness (QED) is 0.514. The van der Waals surface area contributed by atoms with Gasteiger partial charge < -0.3 is 20.4 Å². The van der Waals surface area contributed by atoms with Crippen LogP contribution in [0.3, 0.4) is 0 Å². The van der Waals surface area contributed by atoms with Gasteiger partial charge in [0.15, 0.2) is 0 Å². The maximum Gasteiger partial charge on any atom is 0.317 e. The number of nitrogens with one attached hydrogen (secondary N) is 2. The fourth-order valence-corrected chi connectivity index (χ4v) is 4.43. The van der Waals surface area contributed by atoms with E-state index >= 15 is 0 Å². The smallest absolute Gasteiger partial charge is 0.317 e. The zero-order chi connectivity index (χ0) is 22.6. The molecule has 0 saturated heterocycles. The molecule has 0 aromatic heterocycles. The van der Waals surface area contributed by atoms with Crippen LogP contribution >= 0.6 is 11.6 Å². The van der Waals surface area contributed by atoms with Crippen molar-refractivity contribution in [3.63, 3.8) is 0 Å². The van der Waals surface area contributed by atoms with Gasteiger partial charge in [-0.25, -0.2) is 4.79 Å². The lowest BCUT2D eigenvalue weighted by Gasteiger charge is -2.30. The van der Waals surface area contributed by atoms with Crippen molar-refractivity contribution >= 4 is 29.2 Å². The van der Waals surface area contributed by atoms with Crippen LogP contribution in [0.1, 0.15) is 58.8 Å². The summed E-state index contributed by atoms with van der Waals surface area (Å²) in [6.07, 6.45) is 8.21. The minimum absolute atomic E-state index is 0.0235. The van der Waals surface area contributed by atoms with Crippen molar-refractivity contribution in [3.8, 4) is 0 Å². The minimum atomic E-state index is -0.199. The Labute approximate surface area is 192 Å². The van der Waals surface area contributed by atoms with Crippen molar-refractivity contribution in [1.29, 1.82) is 0 Å². The molecule has 7 heteroatoms. The molecule has 1 atom stereocenters. The van der Waals surface area contributed by atoms with Crippen molar-refractivity contribution in [2.75, 3.05) is 38.1 Å². The summed E-state index contributed by atoms with van der Waals surface area (Å²) in [5.41, 5.74) is 0.760. The molecule has 174 valence electrons. The van der Waals surface area contributed by atoms with Crippen LogP contribution in [-0.2, 0) is 4.79 Å². The number of hydrogen-bond donors (Lipinski definition) is 2. The van der Waals surface area contributed by atoms with E-state index in [1.165, 1.54) is 37.0 Å². The van der Waals surface area contributed by atoms with E-state index < -0.39 is 0 Å². The monoisotopic (exact) mass is 450 g/mol. The molecule has 1 aliphatic rings. The topological polar surface area (TPSA) is 64.7 Å². The Bertz CT molecular complexity index is 694. The highest BCUT2D eigenvalue weighted by atomic mass is 35.5. The van der Waals surface area contributed by atoms with E-state index in [1.807, 2.05) is 19.1 Å². The summed E-state index contributed by atoms with van der Waals surface area (Å²) in [5.74, 6) is 0.560. The number of halogens is 1. The summed E-state index contributed by atoms with van der Waals surface area (Å²) in [7, 11) is 1.68. The Morgan fingerprint density at radius 1 is 1.19 bits per heavy atom. The van der Waals surface area contributed by atoms with E-state index in [1.54, 1.807) is 24.1 Å². The third-order valence-electron chi connectivity index (χ3n) is 5.90. The van der Waals surface area contributed by atoms with Gasteiger partial charge in [0, 0.05) is 36.9 Å². The fraction of sp³-hybridized carbons (Fsp3) is 0.667. The molecule has 3 amide bonds. The second-order valence-corrected chi connectivity index (χ2v) is 9.01. The zero-order valence-corrected chi connectivity index (χ0v) is 20.1. The first-order chi connectivity index (χ1) is 14.9. The fourth-order valence-electron chi connectivity index (χ4n) is 4.25. The Morgan fingerprint density at radius 2 is 1.94 bits per heavy atom. The molecule has 31 heavy (non-hydrogen) atoms. The highest BCUT2D eigenvalue weighted by Crippen LogP contribution is 2.27. The molecule has 6 nitrogen and oxygen atoms in total. The molecule has 0 bridgehead atoms. The molecule has 0 unspecified atom stereocenters. The normalized spacial score (nSPS) is 15.4. The van der Waals surface area contributed by atoms with Gasteiger partial charge in [-0.15, -0.1) is 0 Å². The molecule has 0 spiro atoms. The molecule has 0 heterocycles. The van der Waals surface area contributed by atoms with Gasteiger partial charge in [-0.05, 0) is 43.5 Å². The van der Waals surface area contributed by atoms with Gasteiger partial charge in [-0.1, -0.05) is 63.6 Å². The Balaban J connectivity index is 1.96. The SMILES string of the molecule is CCCN(C(=O)CN(C)C(=O)N[C@H](CNCC)CC1CCCCC1)c1cccc(Cl)c1. The molecule has 2 N–H and O–H groups in total. The summed E-state index contributed by atoms with van der Waals surface area (Å²) < 4.78 is 0. The van der Waals surface area contributed by atoms with Gasteiger partial charge in [-0.2, -0.15) is 0 Å². The standard InChI is InChI=1S/C24H39ClN4O2/c1-4-14-29(22-13-9-12-20(25)16-22)23(30)18-28(3)24(31)27-21(17-26-5-2)15-19-10-7-6-8-11-19/h9,12-13,16,19,21,26H,4-8,10-11,14-15,17-18H2,1-3H3,(H,27,31)/t21-/m0/s1. The van der Waals surface area contributed by atoms with Crippen molar-refractivity contribution in [2.24, 2.45) is 5.92 Å². The lowest BCUT2D eigenvalue weighted by atomic mass is 9.85. The number of benzene rings is 1. The summed E-state index contributed by atoms with van der Waals surface area (Å²) >= 11 is 6.11. The number of anilines is 1. The molecule has 1 aromatic carbocycles. The molecule has 1 aliphatic carbocycles. The number of carbonyl (C=O) groups is 2. The van der Waals surface area contributed by atoms with E-state index in [0.717, 1.165) is 31.6 Å². The average Bonchev–Trinajstić information content (AvgIpc) is 2.76. The number of nitrogens with zero attached hydrogens (tertiary/aromatic N) is 2. The van der Waals surface area contributed by atoms with Gasteiger partial charge in [-0.3, -0.25) is 4.79 Å². The van der Waals surface area contributed by atoms with E-state index in [-0.39, 0.29) is 24.5 Å². The first kappa shape index (κ1) is 25.5. The number of urea groups is 1. The first-order valence-electron chi connectivity index (χ1n) is 11.7. The van der Waals surface area contributed by atoms with Crippen molar-refractivity contribution in [3.05, 3.63) is 29.3 Å². The lowest BCUT2D eigenvalue weighted by Crippen LogP contribution is -2.50. The van der Waals surface area contributed by atoms with Gasteiger partial charge in [0.2, 0.25) is 5.91 Å². The van der Waals surface area contributed by atoms with Crippen molar-refractivity contribution in [1.82, 2.24) is 15.5 Å². The second-order valence-electron chi connectivity index (χ2n) is 8.58. The summed E-state index contributed by atoms with van der Waals surface area (Å²) in [6, 6.07) is 7.15. The van der Waals surface area contributed by atoms with Crippen LogP contribution in [-0.4, -0.2) is 56.1 Å². The van der Waals surface area contributed by atoms with E-state index in [2.05, 4.69) is 17.6 Å². The van der Waals surface area contributed by atoms with Gasteiger partial charge in [0.05, 0.1) is 0 Å². The first-order valence-corrected chi connectivity index (χ1v) is 12.1. The molecular formula is C24H39ClN4O2. The predicted octanol–water partition coefficient (Wildman–Crippen LogP) is 4.67. The maximum atomic E-state index is 13.0. The third-order valence-corrected chi connectivity index (χ3v) is 6.13. The van der Waals surface area contributed by atoms with Crippen LogP contribution in [0.5, 0.6) is 0 Å². The predicted molar refractivity (Wildman–Crippen MR) is 129 cm³/mol. The molecule has 0 radical (unpaired) electrons. The Kier molecular flexibility index (Phi) is 11.2. The molecule has 1 saturated carbocycles. The summed E-state index contributed by atoms with van der Waals surface area (Å²) in [6.45, 7) is 6.33. The lowest BCUT2D eigenvalue weighted by molar-refractivity contribution is -0.119. The maximum absolute atomic E-state index is 13.0. The molecule has 1 fully saturated rings. The molecule has 1 aromatic rings. The van der Waals surface area contributed by atoms with E-state index in [9.17, 15) is 9.59 Å². The van der Waals surface area contributed by atoms with Gasteiger partial charge >= 0.3 is 6.03 Å². The van der Waals surface area contributed by atoms with Crippen LogP contribution in [0.25, 0.3) is 0 Å². The number of hydrogen-bond acceptors (Lipinski definition) is 3. The van der Waals surface area contributed by atoms with E-state index in [0.29, 0.717) is 17.5 Å². The largest absolute Gasteiger partial charge is 0.334 e. The van der Waals surface area contributed by atoms with E-state index in [4.69, 9.17) is 11.6 Å². The Hall–Kier alpha value is -1.79. The van der Waals surface area contributed by atoms with Gasteiger partial charge in [0.25, 0.3) is 0 Å².